The Kier molecular flexibility index (Phi) is 10.4. The van der Waals surface area contributed by atoms with Crippen LogP contribution < -0.4 is 5.32 Å². The van der Waals surface area contributed by atoms with Crippen molar-refractivity contribution >= 4 is 0 Å². The van der Waals surface area contributed by atoms with Crippen LogP contribution in [0.15, 0.2) is 0 Å². The zero-order chi connectivity index (χ0) is 11.5. The highest BCUT2D eigenvalue weighted by Crippen LogP contribution is 1.98. The molecule has 0 saturated carbocycles. The molecule has 0 unspecified atom stereocenters. The highest BCUT2D eigenvalue weighted by atomic mass is 15.1. The molecule has 0 fully saturated rings. The van der Waals surface area contributed by atoms with Gasteiger partial charge in [-0.15, -0.1) is 0 Å². The molecule has 0 aliphatic carbocycles. The Hall–Kier alpha value is -0.0800. The van der Waals surface area contributed by atoms with Gasteiger partial charge in [0, 0.05) is 6.04 Å². The van der Waals surface area contributed by atoms with Crippen LogP contribution in [0.2, 0.25) is 0 Å². The van der Waals surface area contributed by atoms with Crippen LogP contribution in [0.4, 0.5) is 0 Å². The quantitative estimate of drug-likeness (QED) is 0.563. The molecule has 0 amide bonds. The zero-order valence-corrected chi connectivity index (χ0v) is 11.2. The van der Waals surface area contributed by atoms with E-state index in [1.54, 1.807) is 0 Å². The van der Waals surface area contributed by atoms with Gasteiger partial charge in [0.05, 0.1) is 0 Å². The van der Waals surface area contributed by atoms with Crippen molar-refractivity contribution in [1.82, 2.24) is 10.2 Å². The maximum atomic E-state index is 3.45. The minimum Gasteiger partial charge on any atom is -0.315 e. The fourth-order valence-electron chi connectivity index (χ4n) is 1.64. The summed E-state index contributed by atoms with van der Waals surface area (Å²) in [6.45, 7) is 10.4. The third-order valence-electron chi connectivity index (χ3n) is 2.66. The van der Waals surface area contributed by atoms with Gasteiger partial charge in [0.2, 0.25) is 0 Å². The zero-order valence-electron chi connectivity index (χ0n) is 11.2. The van der Waals surface area contributed by atoms with Crippen molar-refractivity contribution in [1.29, 1.82) is 0 Å². The minimum absolute atomic E-state index is 0.632. The fraction of sp³-hybridized carbons (Fsp3) is 1.00. The molecule has 0 saturated heterocycles. The molecular weight excluding hydrogens is 184 g/mol. The maximum absolute atomic E-state index is 3.45. The summed E-state index contributed by atoms with van der Waals surface area (Å²) in [5.41, 5.74) is 0. The molecule has 0 aromatic carbocycles. The Balaban J connectivity index is 3.13. The molecule has 0 aliphatic heterocycles. The van der Waals surface area contributed by atoms with Gasteiger partial charge in [0.1, 0.15) is 0 Å². The van der Waals surface area contributed by atoms with Crippen LogP contribution in [0.1, 0.15) is 52.9 Å². The van der Waals surface area contributed by atoms with E-state index < -0.39 is 0 Å². The van der Waals surface area contributed by atoms with Crippen molar-refractivity contribution in [3.8, 4) is 0 Å². The molecule has 15 heavy (non-hydrogen) atoms. The van der Waals surface area contributed by atoms with Crippen LogP contribution in [-0.2, 0) is 0 Å². The largest absolute Gasteiger partial charge is 0.315 e. The second-order valence-electron chi connectivity index (χ2n) is 4.83. The van der Waals surface area contributed by atoms with Crippen LogP contribution in [0.5, 0.6) is 0 Å². The van der Waals surface area contributed by atoms with Crippen LogP contribution in [-0.4, -0.2) is 37.6 Å². The summed E-state index contributed by atoms with van der Waals surface area (Å²) in [4.78, 5) is 2.46. The number of nitrogens with one attached hydrogen (secondary N) is 1. The van der Waals surface area contributed by atoms with E-state index in [4.69, 9.17) is 0 Å². The standard InChI is InChI=1S/C13H30N2/c1-5-6-8-11-15(4)12-9-7-10-14-13(2)3/h13-14H,5-12H2,1-4H3. The normalized spacial score (nSPS) is 11.6. The third-order valence-corrected chi connectivity index (χ3v) is 2.66. The Bertz CT molecular complexity index is 124. The summed E-state index contributed by atoms with van der Waals surface area (Å²) in [5.74, 6) is 0. The van der Waals surface area contributed by atoms with Gasteiger partial charge in [-0.05, 0) is 45.9 Å². The van der Waals surface area contributed by atoms with E-state index in [2.05, 4.69) is 38.0 Å². The summed E-state index contributed by atoms with van der Waals surface area (Å²) in [7, 11) is 2.24. The topological polar surface area (TPSA) is 15.3 Å². The number of hydrogen-bond acceptors (Lipinski definition) is 2. The van der Waals surface area contributed by atoms with Crippen LogP contribution in [0.3, 0.4) is 0 Å². The number of unbranched alkanes of at least 4 members (excludes halogenated alkanes) is 3. The molecule has 2 nitrogen and oxygen atoms in total. The lowest BCUT2D eigenvalue weighted by atomic mass is 10.2. The van der Waals surface area contributed by atoms with Gasteiger partial charge in [-0.25, -0.2) is 0 Å². The van der Waals surface area contributed by atoms with Gasteiger partial charge in [-0.2, -0.15) is 0 Å². The summed E-state index contributed by atoms with van der Waals surface area (Å²) in [5, 5.41) is 3.45. The molecule has 92 valence electrons. The number of rotatable bonds is 10. The van der Waals surface area contributed by atoms with Crippen molar-refractivity contribution in [2.75, 3.05) is 26.7 Å². The maximum Gasteiger partial charge on any atom is 0.00103 e. The Morgan fingerprint density at radius 1 is 1.00 bits per heavy atom. The van der Waals surface area contributed by atoms with E-state index in [1.165, 1.54) is 51.7 Å². The first kappa shape index (κ1) is 14.9. The first-order chi connectivity index (χ1) is 7.16. The Morgan fingerprint density at radius 2 is 1.60 bits per heavy atom. The Labute approximate surface area is 96.4 Å². The van der Waals surface area contributed by atoms with Gasteiger partial charge in [0.15, 0.2) is 0 Å². The van der Waals surface area contributed by atoms with Gasteiger partial charge in [-0.3, -0.25) is 0 Å². The van der Waals surface area contributed by atoms with E-state index in [-0.39, 0.29) is 0 Å². The lowest BCUT2D eigenvalue weighted by Gasteiger charge is -2.16. The van der Waals surface area contributed by atoms with Gasteiger partial charge >= 0.3 is 0 Å². The molecule has 0 aromatic rings. The summed E-state index contributed by atoms with van der Waals surface area (Å²) in [6, 6.07) is 0.632. The number of hydrogen-bond donors (Lipinski definition) is 1. The number of nitrogens with zero attached hydrogens (tertiary/aromatic N) is 1. The molecule has 2 heteroatoms. The molecule has 0 heterocycles. The average Bonchev–Trinajstić information content (AvgIpc) is 2.17. The fourth-order valence-corrected chi connectivity index (χ4v) is 1.64. The predicted molar refractivity (Wildman–Crippen MR) is 69.4 cm³/mol. The van der Waals surface area contributed by atoms with Crippen LogP contribution in [0, 0.1) is 0 Å². The summed E-state index contributed by atoms with van der Waals surface area (Å²) >= 11 is 0. The molecule has 0 radical (unpaired) electrons. The van der Waals surface area contributed by atoms with Gasteiger partial charge in [-0.1, -0.05) is 33.6 Å². The molecule has 0 atom stereocenters. The Morgan fingerprint density at radius 3 is 2.13 bits per heavy atom. The molecule has 0 rings (SSSR count). The van der Waals surface area contributed by atoms with Crippen molar-refractivity contribution < 1.29 is 0 Å². The lowest BCUT2D eigenvalue weighted by Crippen LogP contribution is -2.25. The van der Waals surface area contributed by atoms with Crippen molar-refractivity contribution in [2.45, 2.75) is 58.9 Å². The average molecular weight is 214 g/mol. The van der Waals surface area contributed by atoms with Crippen molar-refractivity contribution in [3.63, 3.8) is 0 Å². The summed E-state index contributed by atoms with van der Waals surface area (Å²) < 4.78 is 0. The first-order valence-electron chi connectivity index (χ1n) is 6.58. The molecule has 0 bridgehead atoms. The van der Waals surface area contributed by atoms with Crippen molar-refractivity contribution in [3.05, 3.63) is 0 Å². The monoisotopic (exact) mass is 214 g/mol. The summed E-state index contributed by atoms with van der Waals surface area (Å²) in [6.07, 6.45) is 6.68. The molecule has 0 aromatic heterocycles. The van der Waals surface area contributed by atoms with E-state index >= 15 is 0 Å². The van der Waals surface area contributed by atoms with E-state index in [0.717, 1.165) is 0 Å². The SMILES string of the molecule is CCCCCN(C)CCCCNC(C)C. The molecule has 0 aliphatic rings. The lowest BCUT2D eigenvalue weighted by molar-refractivity contribution is 0.316. The highest BCUT2D eigenvalue weighted by Gasteiger charge is 1.97. The second kappa shape index (κ2) is 10.4. The second-order valence-corrected chi connectivity index (χ2v) is 4.83. The van der Waals surface area contributed by atoms with Crippen LogP contribution >= 0.6 is 0 Å². The van der Waals surface area contributed by atoms with Gasteiger partial charge < -0.3 is 10.2 Å². The smallest absolute Gasteiger partial charge is 0.00103 e. The third kappa shape index (κ3) is 11.8. The molecular formula is C13H30N2. The first-order valence-corrected chi connectivity index (χ1v) is 6.58. The predicted octanol–water partition coefficient (Wildman–Crippen LogP) is 2.89. The van der Waals surface area contributed by atoms with Crippen molar-refractivity contribution in [2.24, 2.45) is 0 Å². The molecule has 1 N–H and O–H groups in total. The van der Waals surface area contributed by atoms with Crippen LogP contribution in [0.25, 0.3) is 0 Å². The van der Waals surface area contributed by atoms with E-state index in [9.17, 15) is 0 Å². The van der Waals surface area contributed by atoms with E-state index in [1.807, 2.05) is 0 Å². The molecule has 0 spiro atoms. The van der Waals surface area contributed by atoms with Gasteiger partial charge in [0.25, 0.3) is 0 Å². The van der Waals surface area contributed by atoms with E-state index in [0.29, 0.717) is 6.04 Å². The highest BCUT2D eigenvalue weighted by molar-refractivity contribution is 4.56. The minimum atomic E-state index is 0.632.